The summed E-state index contributed by atoms with van der Waals surface area (Å²) in [6.45, 7) is 5.76. The van der Waals surface area contributed by atoms with E-state index in [-0.39, 0.29) is 5.91 Å². The highest BCUT2D eigenvalue weighted by atomic mass is 16.1. The Hall–Kier alpha value is -3.93. The molecule has 178 valence electrons. The lowest BCUT2D eigenvalue weighted by atomic mass is 9.97. The lowest BCUT2D eigenvalue weighted by Crippen LogP contribution is -2.24. The van der Waals surface area contributed by atoms with Gasteiger partial charge in [0.1, 0.15) is 0 Å². The molecule has 0 atom stereocenters. The zero-order valence-electron chi connectivity index (χ0n) is 20.8. The van der Waals surface area contributed by atoms with E-state index in [1.807, 2.05) is 25.5 Å². The van der Waals surface area contributed by atoms with E-state index in [9.17, 15) is 4.79 Å². The minimum atomic E-state index is -0.140. The maximum absolute atomic E-state index is 13.5. The van der Waals surface area contributed by atoms with Gasteiger partial charge in [0.15, 0.2) is 0 Å². The number of fused-ring (bicyclic) bond motifs is 1. The first-order chi connectivity index (χ1) is 16.9. The number of hydrogen-bond acceptors (Lipinski definition) is 4. The Morgan fingerprint density at radius 3 is 2.63 bits per heavy atom. The maximum atomic E-state index is 13.5. The molecule has 0 aliphatic carbocycles. The predicted octanol–water partition coefficient (Wildman–Crippen LogP) is 4.94. The molecule has 2 aromatic carbocycles. The molecule has 0 bridgehead atoms. The van der Waals surface area contributed by atoms with Crippen LogP contribution in [0.5, 0.6) is 0 Å². The number of nitrogens with zero attached hydrogens (tertiary/aromatic N) is 4. The Labute approximate surface area is 206 Å². The Kier molecular flexibility index (Phi) is 6.12. The van der Waals surface area contributed by atoms with Crippen molar-refractivity contribution in [2.45, 2.75) is 33.2 Å². The van der Waals surface area contributed by atoms with Crippen LogP contribution in [-0.2, 0) is 26.4 Å². The number of amides is 1. The van der Waals surface area contributed by atoms with Crippen molar-refractivity contribution in [3.8, 4) is 22.4 Å². The summed E-state index contributed by atoms with van der Waals surface area (Å²) in [5.74, 6) is -0.140. The predicted molar refractivity (Wildman–Crippen MR) is 141 cm³/mol. The molecule has 1 aliphatic heterocycles. The molecular weight excluding hydrogens is 434 g/mol. The minimum absolute atomic E-state index is 0.140. The van der Waals surface area contributed by atoms with E-state index in [0.29, 0.717) is 17.8 Å². The fraction of sp³-hybridized carbons (Fsp3) is 0.276. The second kappa shape index (κ2) is 9.37. The topological polar surface area (TPSA) is 63.1 Å². The third-order valence-corrected chi connectivity index (χ3v) is 6.71. The third kappa shape index (κ3) is 4.69. The molecule has 0 saturated carbocycles. The summed E-state index contributed by atoms with van der Waals surface area (Å²) in [7, 11) is 3.98. The number of nitrogens with one attached hydrogen (secondary N) is 1. The van der Waals surface area contributed by atoms with Crippen LogP contribution in [0, 0.1) is 6.92 Å². The number of aromatic nitrogens is 3. The molecule has 4 aromatic rings. The molecular formula is C29H31N5O. The quantitative estimate of drug-likeness (QED) is 0.438. The number of hydrogen-bond donors (Lipinski definition) is 1. The average Bonchev–Trinajstić information content (AvgIpc) is 3.46. The molecule has 0 spiro atoms. The summed E-state index contributed by atoms with van der Waals surface area (Å²) in [5, 5.41) is 7.41. The van der Waals surface area contributed by atoms with Crippen molar-refractivity contribution in [2.75, 3.05) is 18.5 Å². The van der Waals surface area contributed by atoms with E-state index in [4.69, 9.17) is 4.98 Å². The van der Waals surface area contributed by atoms with E-state index in [1.165, 1.54) is 22.4 Å². The van der Waals surface area contributed by atoms with E-state index in [2.05, 4.69) is 72.6 Å². The van der Waals surface area contributed by atoms with Crippen molar-refractivity contribution >= 4 is 11.6 Å². The normalized spacial score (nSPS) is 12.6. The summed E-state index contributed by atoms with van der Waals surface area (Å²) in [6.07, 6.45) is 7.49. The van der Waals surface area contributed by atoms with Gasteiger partial charge in [0.2, 0.25) is 0 Å². The summed E-state index contributed by atoms with van der Waals surface area (Å²) in [6, 6.07) is 14.9. The van der Waals surface area contributed by atoms with Crippen molar-refractivity contribution in [3.63, 3.8) is 0 Å². The number of rotatable bonds is 6. The van der Waals surface area contributed by atoms with Gasteiger partial charge in [0.05, 0.1) is 17.5 Å². The van der Waals surface area contributed by atoms with Gasteiger partial charge >= 0.3 is 0 Å². The van der Waals surface area contributed by atoms with E-state index >= 15 is 0 Å². The second-order valence-electron chi connectivity index (χ2n) is 9.40. The Bertz CT molecular complexity index is 1400. The molecule has 1 amide bonds. The van der Waals surface area contributed by atoms with Crippen LogP contribution in [0.1, 0.15) is 39.5 Å². The summed E-state index contributed by atoms with van der Waals surface area (Å²) < 4.78 is 1.72. The van der Waals surface area contributed by atoms with Crippen LogP contribution in [0.25, 0.3) is 22.4 Å². The van der Waals surface area contributed by atoms with Crippen LogP contribution < -0.4 is 10.2 Å². The van der Waals surface area contributed by atoms with Gasteiger partial charge in [0.25, 0.3) is 5.91 Å². The number of carbonyl (C=O) groups is 1. The largest absolute Gasteiger partial charge is 0.374 e. The smallest absolute Gasteiger partial charge is 0.253 e. The first-order valence-corrected chi connectivity index (χ1v) is 12.1. The van der Waals surface area contributed by atoms with Crippen LogP contribution in [-0.4, -0.2) is 34.3 Å². The van der Waals surface area contributed by atoms with E-state index < -0.39 is 0 Å². The Morgan fingerprint density at radius 1 is 1.00 bits per heavy atom. The van der Waals surface area contributed by atoms with Gasteiger partial charge in [-0.05, 0) is 54.2 Å². The lowest BCUT2D eigenvalue weighted by Gasteiger charge is -2.14. The van der Waals surface area contributed by atoms with Gasteiger partial charge in [-0.15, -0.1) is 0 Å². The number of aryl methyl sites for hydroxylation is 3. The highest BCUT2D eigenvalue weighted by Crippen LogP contribution is 2.29. The molecule has 2 aromatic heterocycles. The van der Waals surface area contributed by atoms with Gasteiger partial charge in [-0.3, -0.25) is 14.5 Å². The van der Waals surface area contributed by atoms with Gasteiger partial charge < -0.3 is 10.2 Å². The fourth-order valence-corrected chi connectivity index (χ4v) is 4.81. The number of benzene rings is 2. The number of carbonyl (C=O) groups excluding carboxylic acids is 1. The maximum Gasteiger partial charge on any atom is 0.253 e. The number of pyridine rings is 1. The molecule has 1 aliphatic rings. The number of likely N-dealkylation sites (N-methyl/N-ethyl adjacent to an activating group) is 1. The Balaban J connectivity index is 1.47. The highest BCUT2D eigenvalue weighted by molar-refractivity contribution is 6.01. The summed E-state index contributed by atoms with van der Waals surface area (Å²) >= 11 is 0. The van der Waals surface area contributed by atoms with Crippen LogP contribution in [0.3, 0.4) is 0 Å². The number of anilines is 1. The van der Waals surface area contributed by atoms with Crippen LogP contribution in [0.4, 0.5) is 5.69 Å². The first-order valence-electron chi connectivity index (χ1n) is 12.1. The van der Waals surface area contributed by atoms with Gasteiger partial charge in [-0.2, -0.15) is 5.10 Å². The van der Waals surface area contributed by atoms with Crippen LogP contribution in [0.15, 0.2) is 61.1 Å². The van der Waals surface area contributed by atoms with Gasteiger partial charge in [-0.1, -0.05) is 42.8 Å². The molecule has 6 heteroatoms. The molecule has 0 radical (unpaired) electrons. The highest BCUT2D eigenvalue weighted by Gasteiger charge is 2.19. The fourth-order valence-electron chi connectivity index (χ4n) is 4.81. The third-order valence-electron chi connectivity index (χ3n) is 6.71. The molecule has 0 saturated heterocycles. The molecule has 0 unspecified atom stereocenters. The van der Waals surface area contributed by atoms with E-state index in [0.717, 1.165) is 41.6 Å². The molecule has 35 heavy (non-hydrogen) atoms. The lowest BCUT2D eigenvalue weighted by molar-refractivity contribution is 0.0951. The second-order valence-corrected chi connectivity index (χ2v) is 9.40. The molecule has 1 N–H and O–H groups in total. The molecule has 0 fully saturated rings. The zero-order valence-corrected chi connectivity index (χ0v) is 20.8. The summed E-state index contributed by atoms with van der Waals surface area (Å²) in [4.78, 5) is 20.5. The van der Waals surface area contributed by atoms with E-state index in [1.54, 1.807) is 10.9 Å². The van der Waals surface area contributed by atoms with Crippen molar-refractivity contribution in [1.82, 2.24) is 20.1 Å². The van der Waals surface area contributed by atoms with Crippen molar-refractivity contribution in [1.29, 1.82) is 0 Å². The Morgan fingerprint density at radius 2 is 1.86 bits per heavy atom. The van der Waals surface area contributed by atoms with Gasteiger partial charge in [-0.25, -0.2) is 0 Å². The van der Waals surface area contributed by atoms with Crippen molar-refractivity contribution < 1.29 is 4.79 Å². The van der Waals surface area contributed by atoms with Gasteiger partial charge in [0, 0.05) is 56.4 Å². The standard InChI is InChI=1S/C29H31N5O/c1-5-20-10-19(2)11-23(12-20)24-14-26(28(30-16-24)25-17-32-34(4)18-25)29(35)31-15-21-6-7-27-22(13-21)8-9-33(27)3/h6-7,10-14,16-18H,5,8-9,15H2,1-4H3,(H,31,35). The van der Waals surface area contributed by atoms with Crippen molar-refractivity contribution in [2.24, 2.45) is 7.05 Å². The monoisotopic (exact) mass is 465 g/mol. The molecule has 6 nitrogen and oxygen atoms in total. The molecule has 5 rings (SSSR count). The molecule has 3 heterocycles. The van der Waals surface area contributed by atoms with Crippen molar-refractivity contribution in [3.05, 3.63) is 88.9 Å². The average molecular weight is 466 g/mol. The minimum Gasteiger partial charge on any atom is -0.374 e. The summed E-state index contributed by atoms with van der Waals surface area (Å²) in [5.41, 5.74) is 10.2. The zero-order chi connectivity index (χ0) is 24.5. The van der Waals surface area contributed by atoms with Crippen LogP contribution in [0.2, 0.25) is 0 Å². The first kappa shape index (κ1) is 22.8. The SMILES string of the molecule is CCc1cc(C)cc(-c2cnc(-c3cnn(C)c3)c(C(=O)NCc3ccc4c(c3)CCN4C)c2)c1. The van der Waals surface area contributed by atoms with Crippen LogP contribution >= 0.6 is 0 Å².